The third-order valence-electron chi connectivity index (χ3n) is 3.07. The van der Waals surface area contributed by atoms with Crippen molar-refractivity contribution in [1.82, 2.24) is 0 Å². The molecule has 1 amide bonds. The molecule has 0 bridgehead atoms. The lowest BCUT2D eigenvalue weighted by Gasteiger charge is -2.09. The highest BCUT2D eigenvalue weighted by Crippen LogP contribution is 2.29. The number of nitro groups is 1. The number of halogens is 2. The highest BCUT2D eigenvalue weighted by molar-refractivity contribution is 6.31. The monoisotopic (exact) mass is 338 g/mol. The molecule has 0 fully saturated rings. The first-order valence-electron chi connectivity index (χ1n) is 6.47. The molecule has 120 valence electrons. The molecule has 23 heavy (non-hydrogen) atoms. The minimum absolute atomic E-state index is 0.00624. The van der Waals surface area contributed by atoms with E-state index in [1.54, 1.807) is 0 Å². The van der Waals surface area contributed by atoms with Crippen molar-refractivity contribution < 1.29 is 18.8 Å². The number of carbonyl (C=O) groups excluding carboxylic acids is 1. The Morgan fingerprint density at radius 2 is 2.13 bits per heavy atom. The van der Waals surface area contributed by atoms with Gasteiger partial charge in [0, 0.05) is 10.6 Å². The summed E-state index contributed by atoms with van der Waals surface area (Å²) in [7, 11) is 1.37. The van der Waals surface area contributed by atoms with Crippen LogP contribution in [0.4, 0.5) is 15.8 Å². The maximum absolute atomic E-state index is 13.7. The van der Waals surface area contributed by atoms with Crippen molar-refractivity contribution in [2.24, 2.45) is 0 Å². The summed E-state index contributed by atoms with van der Waals surface area (Å²) >= 11 is 5.85. The van der Waals surface area contributed by atoms with Gasteiger partial charge in [0.25, 0.3) is 5.69 Å². The van der Waals surface area contributed by atoms with Gasteiger partial charge in [-0.25, -0.2) is 4.39 Å². The fraction of sp³-hybridized carbons (Fsp3) is 0.133. The first kappa shape index (κ1) is 16.7. The molecule has 2 aromatic carbocycles. The first-order valence-corrected chi connectivity index (χ1v) is 6.85. The molecule has 0 saturated heterocycles. The smallest absolute Gasteiger partial charge is 0.296 e. The van der Waals surface area contributed by atoms with Crippen LogP contribution in [0.2, 0.25) is 5.02 Å². The van der Waals surface area contributed by atoms with E-state index in [1.165, 1.54) is 43.5 Å². The van der Waals surface area contributed by atoms with Crippen LogP contribution < -0.4 is 10.1 Å². The van der Waals surface area contributed by atoms with Gasteiger partial charge in [-0.2, -0.15) is 0 Å². The number of ether oxygens (including phenoxy) is 1. The van der Waals surface area contributed by atoms with Crippen molar-refractivity contribution in [2.75, 3.05) is 12.4 Å². The van der Waals surface area contributed by atoms with Gasteiger partial charge in [-0.15, -0.1) is 0 Å². The highest BCUT2D eigenvalue weighted by Gasteiger charge is 2.18. The molecule has 0 aliphatic heterocycles. The van der Waals surface area contributed by atoms with E-state index in [0.717, 1.165) is 0 Å². The predicted octanol–water partition coefficient (Wildman–Crippen LogP) is 3.58. The SMILES string of the molecule is COc1ccc(NC(=O)Cc2c(F)cccc2Cl)c([N+](=O)[O-])c1. The molecule has 0 spiro atoms. The average Bonchev–Trinajstić information content (AvgIpc) is 2.51. The van der Waals surface area contributed by atoms with E-state index in [9.17, 15) is 19.3 Å². The molecular formula is C15H12ClFN2O4. The number of methoxy groups -OCH3 is 1. The number of carbonyl (C=O) groups is 1. The Hall–Kier alpha value is -2.67. The Morgan fingerprint density at radius 1 is 1.39 bits per heavy atom. The highest BCUT2D eigenvalue weighted by atomic mass is 35.5. The van der Waals surface area contributed by atoms with Crippen LogP contribution in [0.5, 0.6) is 5.75 Å². The molecule has 2 rings (SSSR count). The standard InChI is InChI=1S/C15H12ClFN2O4/c1-23-9-5-6-13(14(7-9)19(21)22)18-15(20)8-10-11(16)3-2-4-12(10)17/h2-7H,8H2,1H3,(H,18,20). The van der Waals surface area contributed by atoms with E-state index < -0.39 is 16.6 Å². The second-order valence-electron chi connectivity index (χ2n) is 4.57. The van der Waals surface area contributed by atoms with E-state index in [-0.39, 0.29) is 34.1 Å². The summed E-state index contributed by atoms with van der Waals surface area (Å²) in [4.78, 5) is 22.4. The van der Waals surface area contributed by atoms with Crippen LogP contribution in [-0.4, -0.2) is 17.9 Å². The number of hydrogen-bond donors (Lipinski definition) is 1. The second kappa shape index (κ2) is 7.06. The largest absolute Gasteiger partial charge is 0.496 e. The Bertz CT molecular complexity index is 747. The normalized spacial score (nSPS) is 10.2. The van der Waals surface area contributed by atoms with Gasteiger partial charge in [-0.3, -0.25) is 14.9 Å². The molecule has 0 aliphatic carbocycles. The summed E-state index contributed by atoms with van der Waals surface area (Å²) in [5.41, 5.74) is -0.298. The van der Waals surface area contributed by atoms with Crippen molar-refractivity contribution in [2.45, 2.75) is 6.42 Å². The van der Waals surface area contributed by atoms with Crippen molar-refractivity contribution in [3.05, 3.63) is 62.9 Å². The van der Waals surface area contributed by atoms with Gasteiger partial charge >= 0.3 is 0 Å². The van der Waals surface area contributed by atoms with Crippen LogP contribution in [0.3, 0.4) is 0 Å². The lowest BCUT2D eigenvalue weighted by atomic mass is 10.1. The summed E-state index contributed by atoms with van der Waals surface area (Å²) in [6.07, 6.45) is -0.339. The van der Waals surface area contributed by atoms with E-state index >= 15 is 0 Å². The number of nitrogens with zero attached hydrogens (tertiary/aromatic N) is 1. The summed E-state index contributed by atoms with van der Waals surface area (Å²) in [6, 6.07) is 8.07. The lowest BCUT2D eigenvalue weighted by Crippen LogP contribution is -2.16. The van der Waals surface area contributed by atoms with Crippen molar-refractivity contribution in [3.8, 4) is 5.75 Å². The Kier molecular flexibility index (Phi) is 5.13. The van der Waals surface area contributed by atoms with Crippen LogP contribution in [-0.2, 0) is 11.2 Å². The summed E-state index contributed by atoms with van der Waals surface area (Å²) in [5.74, 6) is -0.950. The number of hydrogen-bond acceptors (Lipinski definition) is 4. The van der Waals surface area contributed by atoms with Gasteiger partial charge in [0.15, 0.2) is 0 Å². The topological polar surface area (TPSA) is 81.5 Å². The minimum atomic E-state index is -0.645. The van der Waals surface area contributed by atoms with E-state index in [2.05, 4.69) is 5.32 Å². The zero-order valence-electron chi connectivity index (χ0n) is 12.0. The van der Waals surface area contributed by atoms with Crippen LogP contribution in [0.25, 0.3) is 0 Å². The Morgan fingerprint density at radius 3 is 2.74 bits per heavy atom. The van der Waals surface area contributed by atoms with Crippen molar-refractivity contribution >= 4 is 28.9 Å². The fourth-order valence-corrected chi connectivity index (χ4v) is 2.18. The number of amides is 1. The van der Waals surface area contributed by atoms with Gasteiger partial charge in [0.1, 0.15) is 17.3 Å². The van der Waals surface area contributed by atoms with Crippen LogP contribution >= 0.6 is 11.6 Å². The molecule has 0 saturated carbocycles. The molecule has 6 nitrogen and oxygen atoms in total. The van der Waals surface area contributed by atoms with Crippen molar-refractivity contribution in [3.63, 3.8) is 0 Å². The summed E-state index contributed by atoms with van der Waals surface area (Å²) in [5, 5.41) is 13.6. The maximum atomic E-state index is 13.7. The number of nitro benzene ring substituents is 1. The molecule has 0 atom stereocenters. The molecule has 0 unspecified atom stereocenters. The molecular weight excluding hydrogens is 327 g/mol. The Labute approximate surface area is 136 Å². The zero-order chi connectivity index (χ0) is 17.0. The second-order valence-corrected chi connectivity index (χ2v) is 4.97. The molecule has 0 aromatic heterocycles. The number of nitrogens with one attached hydrogen (secondary N) is 1. The van der Waals surface area contributed by atoms with Crippen LogP contribution in [0, 0.1) is 15.9 Å². The van der Waals surface area contributed by atoms with Crippen LogP contribution in [0.1, 0.15) is 5.56 Å². The predicted molar refractivity (Wildman–Crippen MR) is 83.4 cm³/mol. The molecule has 0 radical (unpaired) electrons. The first-order chi connectivity index (χ1) is 10.9. The molecule has 1 N–H and O–H groups in total. The fourth-order valence-electron chi connectivity index (χ4n) is 1.95. The zero-order valence-corrected chi connectivity index (χ0v) is 12.8. The molecule has 0 heterocycles. The minimum Gasteiger partial charge on any atom is -0.496 e. The number of benzene rings is 2. The molecule has 0 aliphatic rings. The third-order valence-corrected chi connectivity index (χ3v) is 3.43. The maximum Gasteiger partial charge on any atom is 0.296 e. The van der Waals surface area contributed by atoms with Gasteiger partial charge in [-0.05, 0) is 24.3 Å². The number of anilines is 1. The van der Waals surface area contributed by atoms with E-state index in [0.29, 0.717) is 0 Å². The number of rotatable bonds is 5. The lowest BCUT2D eigenvalue weighted by molar-refractivity contribution is -0.384. The van der Waals surface area contributed by atoms with Gasteiger partial charge in [-0.1, -0.05) is 17.7 Å². The molecule has 8 heteroatoms. The van der Waals surface area contributed by atoms with Gasteiger partial charge in [0.2, 0.25) is 5.91 Å². The van der Waals surface area contributed by atoms with Gasteiger partial charge in [0.05, 0.1) is 24.5 Å². The summed E-state index contributed by atoms with van der Waals surface area (Å²) < 4.78 is 18.6. The Balaban J connectivity index is 2.22. The molecule has 2 aromatic rings. The summed E-state index contributed by atoms with van der Waals surface area (Å²) in [6.45, 7) is 0. The van der Waals surface area contributed by atoms with E-state index in [4.69, 9.17) is 16.3 Å². The third kappa shape index (κ3) is 3.95. The van der Waals surface area contributed by atoms with E-state index in [1.807, 2.05) is 0 Å². The quantitative estimate of drug-likeness (QED) is 0.667. The van der Waals surface area contributed by atoms with Crippen LogP contribution in [0.15, 0.2) is 36.4 Å². The van der Waals surface area contributed by atoms with Gasteiger partial charge < -0.3 is 10.1 Å². The average molecular weight is 339 g/mol. The van der Waals surface area contributed by atoms with Crippen molar-refractivity contribution in [1.29, 1.82) is 0 Å².